The van der Waals surface area contributed by atoms with Crippen LogP contribution in [-0.2, 0) is 14.3 Å². The molecule has 0 aliphatic carbocycles. The summed E-state index contributed by atoms with van der Waals surface area (Å²) in [6, 6.07) is 14.7. The number of hydrogen-bond donors (Lipinski definition) is 0. The highest BCUT2D eigenvalue weighted by Gasteiger charge is 2.38. The number of ketones is 1. The first-order valence-electron chi connectivity index (χ1n) is 10.2. The first-order valence-corrected chi connectivity index (χ1v) is 10.9. The second kappa shape index (κ2) is 8.93. The van der Waals surface area contributed by atoms with Gasteiger partial charge in [0.05, 0.1) is 22.9 Å². The molecular weight excluding hydrogens is 461 g/mol. The molecule has 33 heavy (non-hydrogen) atoms. The lowest BCUT2D eigenvalue weighted by Crippen LogP contribution is -2.18. The van der Waals surface area contributed by atoms with Crippen LogP contribution in [-0.4, -0.2) is 18.9 Å². The van der Waals surface area contributed by atoms with Crippen LogP contribution < -0.4 is 4.90 Å². The maximum atomic E-state index is 13.3. The summed E-state index contributed by atoms with van der Waals surface area (Å²) < 4.78 is 10.8. The Morgan fingerprint density at radius 3 is 2.30 bits per heavy atom. The minimum absolute atomic E-state index is 0.000767. The number of ether oxygens (including phenoxy) is 1. The van der Waals surface area contributed by atoms with Crippen molar-refractivity contribution in [2.24, 2.45) is 0 Å². The smallest absolute Gasteiger partial charge is 0.343 e. The van der Waals surface area contributed by atoms with Gasteiger partial charge in [-0.3, -0.25) is 4.79 Å². The van der Waals surface area contributed by atoms with Crippen molar-refractivity contribution in [1.29, 1.82) is 0 Å². The van der Waals surface area contributed by atoms with Gasteiger partial charge in [-0.2, -0.15) is 0 Å². The third kappa shape index (κ3) is 4.34. The number of esters is 1. The van der Waals surface area contributed by atoms with E-state index in [4.69, 9.17) is 32.4 Å². The Labute approximate surface area is 201 Å². The molecule has 0 atom stereocenters. The van der Waals surface area contributed by atoms with E-state index in [9.17, 15) is 9.59 Å². The minimum Gasteiger partial charge on any atom is -0.465 e. The topological polar surface area (TPSA) is 59.8 Å². The third-order valence-electron chi connectivity index (χ3n) is 5.36. The van der Waals surface area contributed by atoms with Crippen LogP contribution in [0.2, 0.25) is 10.0 Å². The summed E-state index contributed by atoms with van der Waals surface area (Å²) in [5.41, 5.74) is 4.40. The van der Waals surface area contributed by atoms with E-state index in [1.54, 1.807) is 48.2 Å². The molecule has 3 aromatic rings. The molecule has 0 radical (unpaired) electrons. The number of methoxy groups -OCH3 is 1. The van der Waals surface area contributed by atoms with Gasteiger partial charge in [0, 0.05) is 23.0 Å². The number of halogens is 2. The maximum Gasteiger partial charge on any atom is 0.343 e. The second-order valence-electron chi connectivity index (χ2n) is 7.82. The molecule has 0 N–H and O–H groups in total. The fourth-order valence-electron chi connectivity index (χ4n) is 3.94. The van der Waals surface area contributed by atoms with Crippen molar-refractivity contribution >= 4 is 46.7 Å². The lowest BCUT2D eigenvalue weighted by atomic mass is 10.1. The molecule has 168 valence electrons. The molecule has 0 saturated heterocycles. The lowest BCUT2D eigenvalue weighted by molar-refractivity contribution is -0.137. The van der Waals surface area contributed by atoms with Crippen molar-refractivity contribution in [3.8, 4) is 11.3 Å². The van der Waals surface area contributed by atoms with Crippen LogP contribution >= 0.6 is 23.2 Å². The third-order valence-corrected chi connectivity index (χ3v) is 6.10. The number of furan rings is 1. The van der Waals surface area contributed by atoms with Gasteiger partial charge < -0.3 is 14.1 Å². The molecule has 0 amide bonds. The Hall–Kier alpha value is -3.28. The summed E-state index contributed by atoms with van der Waals surface area (Å²) in [5.74, 6) is -0.0772. The molecule has 2 aromatic carbocycles. The molecule has 7 heteroatoms. The van der Waals surface area contributed by atoms with Gasteiger partial charge >= 0.3 is 5.97 Å². The minimum atomic E-state index is -0.675. The molecule has 0 spiro atoms. The van der Waals surface area contributed by atoms with E-state index >= 15 is 0 Å². The van der Waals surface area contributed by atoms with Crippen LogP contribution in [0.1, 0.15) is 23.8 Å². The van der Waals surface area contributed by atoms with Crippen molar-refractivity contribution in [2.45, 2.75) is 20.8 Å². The van der Waals surface area contributed by atoms with Crippen molar-refractivity contribution in [3.05, 3.63) is 92.4 Å². The van der Waals surface area contributed by atoms with E-state index in [0.29, 0.717) is 33.0 Å². The predicted molar refractivity (Wildman–Crippen MR) is 130 cm³/mol. The highest BCUT2D eigenvalue weighted by Crippen LogP contribution is 2.37. The molecule has 4 rings (SSSR count). The van der Waals surface area contributed by atoms with Crippen LogP contribution in [0.4, 0.5) is 5.69 Å². The maximum absolute atomic E-state index is 13.3. The van der Waals surface area contributed by atoms with Gasteiger partial charge in [-0.1, -0.05) is 29.3 Å². The monoisotopic (exact) mass is 481 g/mol. The molecule has 0 fully saturated rings. The van der Waals surface area contributed by atoms with Crippen molar-refractivity contribution in [1.82, 2.24) is 0 Å². The van der Waals surface area contributed by atoms with Crippen LogP contribution in [0.5, 0.6) is 0 Å². The Bertz CT molecular complexity index is 1330. The average Bonchev–Trinajstić information content (AvgIpc) is 3.32. The molecule has 5 nitrogen and oxygen atoms in total. The van der Waals surface area contributed by atoms with Gasteiger partial charge in [0.2, 0.25) is 5.78 Å². The fraction of sp³-hybridized carbons (Fsp3) is 0.154. The lowest BCUT2D eigenvalue weighted by Gasteiger charge is -2.22. The number of carbonyl (C=O) groups excluding carboxylic acids is 2. The molecule has 0 saturated carbocycles. The summed E-state index contributed by atoms with van der Waals surface area (Å²) in [6.07, 6.45) is 1.63. The van der Waals surface area contributed by atoms with Crippen LogP contribution in [0, 0.1) is 13.8 Å². The molecule has 0 unspecified atom stereocenters. The van der Waals surface area contributed by atoms with Crippen LogP contribution in [0.25, 0.3) is 17.4 Å². The number of hydrogen-bond acceptors (Lipinski definition) is 5. The average molecular weight is 482 g/mol. The summed E-state index contributed by atoms with van der Waals surface area (Å²) in [4.78, 5) is 27.4. The quantitative estimate of drug-likeness (QED) is 0.234. The molecule has 1 aromatic heterocycles. The highest BCUT2D eigenvalue weighted by atomic mass is 35.5. The first kappa shape index (κ1) is 22.9. The number of nitrogens with zero attached hydrogens (tertiary/aromatic N) is 1. The number of allylic oxidation sites excluding steroid dienone is 2. The van der Waals surface area contributed by atoms with E-state index in [1.807, 2.05) is 32.0 Å². The van der Waals surface area contributed by atoms with Gasteiger partial charge in [0.15, 0.2) is 0 Å². The number of aryl methyl sites for hydroxylation is 2. The molecule has 0 bridgehead atoms. The largest absolute Gasteiger partial charge is 0.465 e. The van der Waals surface area contributed by atoms with Crippen LogP contribution in [0.3, 0.4) is 0 Å². The fourth-order valence-corrected chi connectivity index (χ4v) is 4.24. The highest BCUT2D eigenvalue weighted by molar-refractivity contribution is 6.42. The van der Waals surface area contributed by atoms with E-state index in [1.165, 1.54) is 7.11 Å². The van der Waals surface area contributed by atoms with Crippen molar-refractivity contribution < 1.29 is 18.7 Å². The zero-order valence-corrected chi connectivity index (χ0v) is 20.0. The van der Waals surface area contributed by atoms with Gasteiger partial charge in [0.1, 0.15) is 17.1 Å². The summed E-state index contributed by atoms with van der Waals surface area (Å²) >= 11 is 12.1. The molecule has 1 aliphatic rings. The predicted octanol–water partition coefficient (Wildman–Crippen LogP) is 6.75. The van der Waals surface area contributed by atoms with Gasteiger partial charge in [-0.15, -0.1) is 0 Å². The van der Waals surface area contributed by atoms with Crippen molar-refractivity contribution in [2.75, 3.05) is 12.0 Å². The van der Waals surface area contributed by atoms with Gasteiger partial charge in [0.25, 0.3) is 0 Å². The second-order valence-corrected chi connectivity index (χ2v) is 8.64. The van der Waals surface area contributed by atoms with Crippen molar-refractivity contribution in [3.63, 3.8) is 0 Å². The molecule has 1 aliphatic heterocycles. The van der Waals surface area contributed by atoms with Gasteiger partial charge in [-0.05, 0) is 74.4 Å². The van der Waals surface area contributed by atoms with Crippen LogP contribution in [0.15, 0.2) is 69.9 Å². The molecular formula is C26H21Cl2NO4. The Balaban J connectivity index is 1.80. The Kier molecular flexibility index (Phi) is 6.19. The van der Waals surface area contributed by atoms with E-state index in [-0.39, 0.29) is 5.57 Å². The summed E-state index contributed by atoms with van der Waals surface area (Å²) in [5, 5.41) is 0.867. The first-order chi connectivity index (χ1) is 15.7. The zero-order valence-electron chi connectivity index (χ0n) is 18.5. The SMILES string of the molecule is COC(=O)C1=C(C)N(c2cc(C)cc(C)c2)/C(=C/c2ccc(-c3ccc(Cl)c(Cl)c3)o2)C1=O. The zero-order chi connectivity index (χ0) is 23.9. The number of anilines is 1. The molecule has 2 heterocycles. The Morgan fingerprint density at radius 1 is 0.970 bits per heavy atom. The Morgan fingerprint density at radius 2 is 1.67 bits per heavy atom. The normalized spacial score (nSPS) is 15.0. The van der Waals surface area contributed by atoms with Gasteiger partial charge in [-0.25, -0.2) is 4.79 Å². The number of carbonyl (C=O) groups is 2. The van der Waals surface area contributed by atoms with E-state index < -0.39 is 11.8 Å². The summed E-state index contributed by atoms with van der Waals surface area (Å²) in [7, 11) is 1.26. The number of Topliss-reactive ketones (excluding diaryl/α,β-unsaturated/α-hetero) is 1. The van der Waals surface area contributed by atoms with E-state index in [0.717, 1.165) is 22.4 Å². The number of benzene rings is 2. The number of rotatable bonds is 4. The standard InChI is InChI=1S/C26H21Cl2NO4/c1-14-9-15(2)11-18(10-14)29-16(3)24(26(31)32-4)25(30)22(29)13-19-6-8-23(33-19)17-5-7-20(27)21(28)12-17/h5-13H,1-4H3/b22-13+. The summed E-state index contributed by atoms with van der Waals surface area (Å²) in [6.45, 7) is 5.69. The van der Waals surface area contributed by atoms with E-state index in [2.05, 4.69) is 0 Å².